The first-order valence-electron chi connectivity index (χ1n) is 4.26. The second kappa shape index (κ2) is 4.08. The fourth-order valence-electron chi connectivity index (χ4n) is 1.15. The van der Waals surface area contributed by atoms with E-state index in [2.05, 4.69) is 9.59 Å². The van der Waals surface area contributed by atoms with Crippen LogP contribution in [-0.4, -0.2) is 15.4 Å². The molecule has 0 aliphatic rings. The summed E-state index contributed by atoms with van der Waals surface area (Å²) in [7, 11) is 0. The molecule has 0 amide bonds. The maximum Gasteiger partial charge on any atom is 0.214 e. The molecule has 1 aromatic heterocycles. The van der Waals surface area contributed by atoms with Gasteiger partial charge in [0.1, 0.15) is 5.69 Å². The zero-order chi connectivity index (χ0) is 10.8. The molecule has 0 aliphatic heterocycles. The molecule has 15 heavy (non-hydrogen) atoms. The molecule has 0 bridgehead atoms. The molecule has 1 aromatic carbocycles. The van der Waals surface area contributed by atoms with Crippen LogP contribution >= 0.6 is 23.1 Å². The van der Waals surface area contributed by atoms with E-state index in [1.807, 2.05) is 13.0 Å². The number of carbonyl (C=O) groups is 1. The van der Waals surface area contributed by atoms with Gasteiger partial charge in [-0.3, -0.25) is 4.79 Å². The molecule has 2 rings (SSSR count). The van der Waals surface area contributed by atoms with Crippen LogP contribution in [0.1, 0.15) is 21.6 Å². The van der Waals surface area contributed by atoms with Crippen LogP contribution in [0.3, 0.4) is 0 Å². The molecule has 0 unspecified atom stereocenters. The molecular formula is C10H7ClN2OS. The van der Waals surface area contributed by atoms with Crippen molar-refractivity contribution in [2.24, 2.45) is 0 Å². The molecule has 0 saturated heterocycles. The van der Waals surface area contributed by atoms with Crippen LogP contribution in [0.15, 0.2) is 23.6 Å². The number of hydrogen-bond donors (Lipinski definition) is 0. The van der Waals surface area contributed by atoms with E-state index in [-0.39, 0.29) is 5.78 Å². The van der Waals surface area contributed by atoms with Crippen LogP contribution in [0.2, 0.25) is 5.02 Å². The average molecular weight is 239 g/mol. The van der Waals surface area contributed by atoms with Crippen molar-refractivity contribution in [3.8, 4) is 0 Å². The van der Waals surface area contributed by atoms with Crippen LogP contribution in [0.4, 0.5) is 0 Å². The van der Waals surface area contributed by atoms with E-state index in [9.17, 15) is 4.79 Å². The van der Waals surface area contributed by atoms with Crippen molar-refractivity contribution >= 4 is 28.9 Å². The zero-order valence-corrected chi connectivity index (χ0v) is 9.47. The maximum absolute atomic E-state index is 11.8. The van der Waals surface area contributed by atoms with Crippen molar-refractivity contribution in [3.63, 3.8) is 0 Å². The molecule has 0 saturated carbocycles. The number of aromatic nitrogens is 2. The van der Waals surface area contributed by atoms with Gasteiger partial charge in [0.2, 0.25) is 5.78 Å². The molecule has 0 atom stereocenters. The molecule has 76 valence electrons. The van der Waals surface area contributed by atoms with Crippen molar-refractivity contribution in [1.29, 1.82) is 0 Å². The zero-order valence-electron chi connectivity index (χ0n) is 7.90. The van der Waals surface area contributed by atoms with Crippen LogP contribution in [-0.2, 0) is 0 Å². The lowest BCUT2D eigenvalue weighted by Crippen LogP contribution is -2.01. The van der Waals surface area contributed by atoms with Gasteiger partial charge in [0, 0.05) is 16.0 Å². The van der Waals surface area contributed by atoms with Crippen molar-refractivity contribution in [2.75, 3.05) is 0 Å². The number of halogens is 1. The Balaban J connectivity index is 2.39. The van der Waals surface area contributed by atoms with Gasteiger partial charge in [-0.05, 0) is 30.1 Å². The van der Waals surface area contributed by atoms with Crippen molar-refractivity contribution in [2.45, 2.75) is 6.92 Å². The van der Waals surface area contributed by atoms with E-state index >= 15 is 0 Å². The normalized spacial score (nSPS) is 10.3. The lowest BCUT2D eigenvalue weighted by atomic mass is 10.1. The number of hydrogen-bond acceptors (Lipinski definition) is 4. The van der Waals surface area contributed by atoms with E-state index < -0.39 is 0 Å². The summed E-state index contributed by atoms with van der Waals surface area (Å²) in [6.07, 6.45) is 0. The first-order valence-corrected chi connectivity index (χ1v) is 5.48. The minimum absolute atomic E-state index is 0.148. The minimum atomic E-state index is -0.148. The summed E-state index contributed by atoms with van der Waals surface area (Å²) >= 11 is 7.09. The number of carbonyl (C=O) groups excluding carboxylic acids is 1. The predicted molar refractivity (Wildman–Crippen MR) is 59.5 cm³/mol. The third-order valence-electron chi connectivity index (χ3n) is 2.03. The highest BCUT2D eigenvalue weighted by molar-refractivity contribution is 7.03. The van der Waals surface area contributed by atoms with Gasteiger partial charge in [0.05, 0.1) is 0 Å². The summed E-state index contributed by atoms with van der Waals surface area (Å²) in [6.45, 7) is 1.89. The lowest BCUT2D eigenvalue weighted by Gasteiger charge is -2.00. The average Bonchev–Trinajstić information content (AvgIpc) is 2.74. The molecule has 3 nitrogen and oxygen atoms in total. The molecule has 0 aliphatic carbocycles. The second-order valence-corrected chi connectivity index (χ2v) is 4.10. The Bertz CT molecular complexity index is 496. The van der Waals surface area contributed by atoms with Gasteiger partial charge in [0.25, 0.3) is 0 Å². The number of ketones is 1. The summed E-state index contributed by atoms with van der Waals surface area (Å²) in [5, 5.41) is 5.93. The summed E-state index contributed by atoms with van der Waals surface area (Å²) in [4.78, 5) is 11.8. The summed E-state index contributed by atoms with van der Waals surface area (Å²) in [5.41, 5.74) is 1.85. The standard InChI is InChI=1S/C10H7ClN2OS/c1-6-2-3-7(4-8(6)11)10(14)9-5-15-13-12-9/h2-5H,1H3. The predicted octanol–water partition coefficient (Wildman–Crippen LogP) is 2.73. The van der Waals surface area contributed by atoms with E-state index in [1.165, 1.54) is 0 Å². The summed E-state index contributed by atoms with van der Waals surface area (Å²) in [6, 6.07) is 5.21. The quantitative estimate of drug-likeness (QED) is 0.756. The highest BCUT2D eigenvalue weighted by Gasteiger charge is 2.12. The first kappa shape index (κ1) is 10.3. The number of rotatable bonds is 2. The molecule has 5 heteroatoms. The van der Waals surface area contributed by atoms with Gasteiger partial charge >= 0.3 is 0 Å². The molecule has 0 spiro atoms. The Hall–Kier alpha value is -1.26. The van der Waals surface area contributed by atoms with Gasteiger partial charge in [-0.15, -0.1) is 5.10 Å². The SMILES string of the molecule is Cc1ccc(C(=O)c2csnn2)cc1Cl. The van der Waals surface area contributed by atoms with E-state index in [4.69, 9.17) is 11.6 Å². The summed E-state index contributed by atoms with van der Waals surface area (Å²) in [5.74, 6) is -0.148. The molecular weight excluding hydrogens is 232 g/mol. The highest BCUT2D eigenvalue weighted by Crippen LogP contribution is 2.18. The third kappa shape index (κ3) is 2.06. The molecule has 0 radical (unpaired) electrons. The smallest absolute Gasteiger partial charge is 0.214 e. The van der Waals surface area contributed by atoms with Gasteiger partial charge in [-0.25, -0.2) is 0 Å². The van der Waals surface area contributed by atoms with Gasteiger partial charge < -0.3 is 0 Å². The fraction of sp³-hybridized carbons (Fsp3) is 0.100. The van der Waals surface area contributed by atoms with Crippen LogP contribution in [0, 0.1) is 6.92 Å². The fourth-order valence-corrected chi connectivity index (χ4v) is 1.76. The van der Waals surface area contributed by atoms with Crippen LogP contribution in [0.25, 0.3) is 0 Å². The first-order chi connectivity index (χ1) is 7.18. The van der Waals surface area contributed by atoms with Gasteiger partial charge in [-0.1, -0.05) is 28.2 Å². The van der Waals surface area contributed by atoms with E-state index in [0.29, 0.717) is 16.3 Å². The topological polar surface area (TPSA) is 42.9 Å². The van der Waals surface area contributed by atoms with Crippen molar-refractivity contribution < 1.29 is 4.79 Å². The van der Waals surface area contributed by atoms with E-state index in [0.717, 1.165) is 17.1 Å². The van der Waals surface area contributed by atoms with Gasteiger partial charge in [0.15, 0.2) is 0 Å². The van der Waals surface area contributed by atoms with Crippen LogP contribution in [0.5, 0.6) is 0 Å². The van der Waals surface area contributed by atoms with Crippen molar-refractivity contribution in [3.05, 3.63) is 45.4 Å². The Kier molecular flexibility index (Phi) is 2.79. The molecule has 2 aromatic rings. The van der Waals surface area contributed by atoms with Crippen LogP contribution < -0.4 is 0 Å². The number of benzene rings is 1. The molecule has 1 heterocycles. The lowest BCUT2D eigenvalue weighted by molar-refractivity contribution is 0.103. The Morgan fingerprint density at radius 1 is 1.47 bits per heavy atom. The number of nitrogens with zero attached hydrogens (tertiary/aromatic N) is 2. The highest BCUT2D eigenvalue weighted by atomic mass is 35.5. The Morgan fingerprint density at radius 3 is 2.87 bits per heavy atom. The second-order valence-electron chi connectivity index (χ2n) is 3.08. The van der Waals surface area contributed by atoms with Crippen molar-refractivity contribution in [1.82, 2.24) is 9.59 Å². The largest absolute Gasteiger partial charge is 0.287 e. The summed E-state index contributed by atoms with van der Waals surface area (Å²) < 4.78 is 3.65. The Morgan fingerprint density at radius 2 is 2.27 bits per heavy atom. The monoisotopic (exact) mass is 238 g/mol. The Labute approximate surface area is 95.9 Å². The third-order valence-corrected chi connectivity index (χ3v) is 2.94. The van der Waals surface area contributed by atoms with E-state index in [1.54, 1.807) is 17.5 Å². The minimum Gasteiger partial charge on any atom is -0.287 e. The maximum atomic E-state index is 11.8. The number of aryl methyl sites for hydroxylation is 1. The van der Waals surface area contributed by atoms with Gasteiger partial charge in [-0.2, -0.15) is 0 Å². The molecule has 0 fully saturated rings. The molecule has 0 N–H and O–H groups in total.